The number of benzene rings is 1. The summed E-state index contributed by atoms with van der Waals surface area (Å²) in [5, 5.41) is 8.87. The monoisotopic (exact) mass is 297 g/mol. The molecule has 0 spiro atoms. The van der Waals surface area contributed by atoms with Gasteiger partial charge in [-0.15, -0.1) is 0 Å². The molecule has 0 aliphatic heterocycles. The maximum atomic E-state index is 11.4. The maximum Gasteiger partial charge on any atom is 0.326 e. The Kier molecular flexibility index (Phi) is 8.82. The van der Waals surface area contributed by atoms with Crippen LogP contribution in [0.1, 0.15) is 39.5 Å². The predicted octanol–water partition coefficient (Wildman–Crippen LogP) is 3.13. The van der Waals surface area contributed by atoms with Crippen LogP contribution in [0, 0.1) is 0 Å². The fourth-order valence-electron chi connectivity index (χ4n) is 1.63. The number of carbonyl (C=O) groups is 2. The Morgan fingerprint density at radius 2 is 1.55 bits per heavy atom. The molecule has 2 unspecified atom stereocenters. The Labute approximate surface area is 123 Å². The number of anilines is 1. The van der Waals surface area contributed by atoms with E-state index < -0.39 is 12.0 Å². The molecule has 0 heterocycles. The van der Waals surface area contributed by atoms with Gasteiger partial charge in [0.05, 0.1) is 0 Å². The number of nitrogens with zero attached hydrogens (tertiary/aromatic N) is 1. The molecule has 112 valence electrons. The average molecular weight is 297 g/mol. The number of hydrogen-bond donors (Lipinski definition) is 1. The van der Waals surface area contributed by atoms with Gasteiger partial charge in [0.2, 0.25) is 5.91 Å². The zero-order chi connectivity index (χ0) is 14.3. The number of hydrogen-bond acceptors (Lipinski definition) is 2. The third-order valence-corrected chi connectivity index (χ3v) is 3.12. The van der Waals surface area contributed by atoms with E-state index in [1.807, 2.05) is 6.07 Å². The second-order valence-corrected chi connectivity index (χ2v) is 4.65. The summed E-state index contributed by atoms with van der Waals surface area (Å²) < 4.78 is 0. The first-order valence-electron chi connectivity index (χ1n) is 6.61. The molecule has 1 fully saturated rings. The molecule has 2 rings (SSSR count). The van der Waals surface area contributed by atoms with Crippen LogP contribution in [0.25, 0.3) is 0 Å². The van der Waals surface area contributed by atoms with Crippen molar-refractivity contribution in [3.05, 3.63) is 30.3 Å². The third-order valence-electron chi connectivity index (χ3n) is 3.12. The maximum absolute atomic E-state index is 11.4. The fraction of sp³-hybridized carbons (Fsp3) is 0.467. The van der Waals surface area contributed by atoms with Gasteiger partial charge in [0.25, 0.3) is 0 Å². The molecule has 1 amide bonds. The van der Waals surface area contributed by atoms with Crippen molar-refractivity contribution < 1.29 is 14.7 Å². The number of para-hydroxylation sites is 1. The predicted molar refractivity (Wildman–Crippen MR) is 86.3 cm³/mol. The minimum absolute atomic E-state index is 0. The van der Waals surface area contributed by atoms with Gasteiger partial charge in [-0.25, -0.2) is 4.79 Å². The molecular formula is C15H24NO3P. The molecule has 1 aromatic rings. The SMILES string of the molecule is C1CCC1.CC(=O)N(c1ccccc1)C(C)C(=O)O.P. The van der Waals surface area contributed by atoms with Crippen LogP contribution >= 0.6 is 9.90 Å². The van der Waals surface area contributed by atoms with Gasteiger partial charge < -0.3 is 5.11 Å². The first-order valence-corrected chi connectivity index (χ1v) is 6.61. The van der Waals surface area contributed by atoms with Crippen molar-refractivity contribution in [3.63, 3.8) is 0 Å². The first kappa shape index (κ1) is 18.6. The molecule has 4 nitrogen and oxygen atoms in total. The van der Waals surface area contributed by atoms with Crippen molar-refractivity contribution >= 4 is 27.5 Å². The molecule has 1 N–H and O–H groups in total. The van der Waals surface area contributed by atoms with Gasteiger partial charge >= 0.3 is 5.97 Å². The Morgan fingerprint density at radius 1 is 1.10 bits per heavy atom. The molecule has 0 saturated heterocycles. The first-order chi connectivity index (χ1) is 9.04. The smallest absolute Gasteiger partial charge is 0.326 e. The summed E-state index contributed by atoms with van der Waals surface area (Å²) >= 11 is 0. The Balaban J connectivity index is 0.000000617. The van der Waals surface area contributed by atoms with Crippen molar-refractivity contribution in [2.45, 2.75) is 45.6 Å². The van der Waals surface area contributed by atoms with Crippen molar-refractivity contribution in [2.24, 2.45) is 0 Å². The fourth-order valence-corrected chi connectivity index (χ4v) is 1.63. The zero-order valence-corrected chi connectivity index (χ0v) is 13.6. The molecule has 1 saturated carbocycles. The lowest BCUT2D eigenvalue weighted by Crippen LogP contribution is -2.42. The summed E-state index contributed by atoms with van der Waals surface area (Å²) in [4.78, 5) is 23.4. The van der Waals surface area contributed by atoms with Crippen molar-refractivity contribution in [3.8, 4) is 0 Å². The second-order valence-electron chi connectivity index (χ2n) is 4.65. The molecule has 20 heavy (non-hydrogen) atoms. The Hall–Kier alpha value is -1.41. The van der Waals surface area contributed by atoms with E-state index in [1.54, 1.807) is 24.3 Å². The zero-order valence-electron chi connectivity index (χ0n) is 12.2. The van der Waals surface area contributed by atoms with Crippen LogP contribution in [-0.2, 0) is 9.59 Å². The van der Waals surface area contributed by atoms with E-state index >= 15 is 0 Å². The van der Waals surface area contributed by atoms with Crippen LogP contribution in [0.3, 0.4) is 0 Å². The van der Waals surface area contributed by atoms with Crippen molar-refractivity contribution in [1.29, 1.82) is 0 Å². The summed E-state index contributed by atoms with van der Waals surface area (Å²) in [6.45, 7) is 2.84. The topological polar surface area (TPSA) is 57.6 Å². The normalized spacial score (nSPS) is 13.7. The van der Waals surface area contributed by atoms with Gasteiger partial charge in [0, 0.05) is 12.6 Å². The molecule has 2 atom stereocenters. The molecule has 5 heteroatoms. The number of amides is 1. The summed E-state index contributed by atoms with van der Waals surface area (Å²) in [5.41, 5.74) is 0.597. The number of rotatable bonds is 3. The highest BCUT2D eigenvalue weighted by Crippen LogP contribution is 2.16. The van der Waals surface area contributed by atoms with Gasteiger partial charge in [-0.1, -0.05) is 43.9 Å². The van der Waals surface area contributed by atoms with Crippen LogP contribution in [0.15, 0.2) is 30.3 Å². The van der Waals surface area contributed by atoms with Gasteiger partial charge in [0.1, 0.15) is 6.04 Å². The molecule has 0 radical (unpaired) electrons. The van der Waals surface area contributed by atoms with Crippen LogP contribution < -0.4 is 4.90 Å². The van der Waals surface area contributed by atoms with E-state index in [9.17, 15) is 9.59 Å². The quantitative estimate of drug-likeness (QED) is 0.872. The molecule has 0 bridgehead atoms. The van der Waals surface area contributed by atoms with Crippen LogP contribution in [-0.4, -0.2) is 23.0 Å². The van der Waals surface area contributed by atoms with Crippen molar-refractivity contribution in [2.75, 3.05) is 4.90 Å². The van der Waals surface area contributed by atoms with E-state index in [1.165, 1.54) is 44.4 Å². The lowest BCUT2D eigenvalue weighted by atomic mass is 10.0. The minimum atomic E-state index is -1.02. The second kappa shape index (κ2) is 9.49. The van der Waals surface area contributed by atoms with Gasteiger partial charge in [-0.05, 0) is 19.1 Å². The van der Waals surface area contributed by atoms with E-state index in [-0.39, 0.29) is 15.8 Å². The summed E-state index contributed by atoms with van der Waals surface area (Å²) in [7, 11) is 0. The van der Waals surface area contributed by atoms with Crippen LogP contribution in [0.5, 0.6) is 0 Å². The third kappa shape index (κ3) is 5.70. The molecular weight excluding hydrogens is 273 g/mol. The summed E-state index contributed by atoms with van der Waals surface area (Å²) in [6.07, 6.45) is 6.00. The standard InChI is InChI=1S/C11H13NO3.C4H8.H3P/c1-8(11(14)15)12(9(2)13)10-6-4-3-5-7-10;1-2-4-3-1;/h3-8H,1-2H3,(H,14,15);1-4H2;1H3. The number of carboxylic acid groups (broad SMARTS) is 1. The van der Waals surface area contributed by atoms with Crippen LogP contribution in [0.4, 0.5) is 5.69 Å². The summed E-state index contributed by atoms with van der Waals surface area (Å²) in [5.74, 6) is -1.30. The van der Waals surface area contributed by atoms with E-state index in [0.29, 0.717) is 5.69 Å². The van der Waals surface area contributed by atoms with Crippen molar-refractivity contribution in [1.82, 2.24) is 0 Å². The van der Waals surface area contributed by atoms with Gasteiger partial charge in [0.15, 0.2) is 0 Å². The Bertz CT molecular complexity index is 414. The Morgan fingerprint density at radius 3 is 1.85 bits per heavy atom. The lowest BCUT2D eigenvalue weighted by Gasteiger charge is -2.25. The largest absolute Gasteiger partial charge is 0.480 e. The van der Waals surface area contributed by atoms with E-state index in [0.717, 1.165) is 0 Å². The highest BCUT2D eigenvalue weighted by molar-refractivity contribution is 6.92. The van der Waals surface area contributed by atoms with Gasteiger partial charge in [-0.2, -0.15) is 9.90 Å². The number of carbonyl (C=O) groups excluding carboxylic acids is 1. The molecule has 1 aliphatic carbocycles. The highest BCUT2D eigenvalue weighted by Gasteiger charge is 2.23. The molecule has 0 aromatic heterocycles. The minimum Gasteiger partial charge on any atom is -0.480 e. The van der Waals surface area contributed by atoms with Gasteiger partial charge in [-0.3, -0.25) is 9.69 Å². The van der Waals surface area contributed by atoms with Crippen LogP contribution in [0.2, 0.25) is 0 Å². The number of aliphatic carboxylic acids is 1. The van der Waals surface area contributed by atoms with E-state index in [4.69, 9.17) is 5.11 Å². The molecule has 1 aromatic carbocycles. The number of carboxylic acids is 1. The highest BCUT2D eigenvalue weighted by atomic mass is 31.0. The molecule has 1 aliphatic rings. The lowest BCUT2D eigenvalue weighted by molar-refractivity contribution is -0.139. The van der Waals surface area contributed by atoms with E-state index in [2.05, 4.69) is 0 Å². The summed E-state index contributed by atoms with van der Waals surface area (Å²) in [6, 6.07) is 7.90. The average Bonchev–Trinajstić information content (AvgIpc) is 2.27.